The normalized spacial score (nSPS) is 11.5. The topological polar surface area (TPSA) is 46.6 Å². The molecule has 4 nitrogen and oxygen atoms in total. The molecule has 2 heterocycles. The molecule has 0 aliphatic rings. The van der Waals surface area contributed by atoms with E-state index in [1.54, 1.807) is 0 Å². The van der Waals surface area contributed by atoms with Crippen LogP contribution < -0.4 is 5.73 Å². The minimum absolute atomic E-state index is 0.748. The van der Waals surface area contributed by atoms with Gasteiger partial charge in [0.15, 0.2) is 0 Å². The molecule has 0 fully saturated rings. The Labute approximate surface area is 131 Å². The molecule has 4 heteroatoms. The molecule has 3 rings (SSSR count). The Morgan fingerprint density at radius 1 is 1.09 bits per heavy atom. The number of nitrogen functional groups attached to an aromatic ring is 1. The Kier molecular flexibility index (Phi) is 3.86. The highest BCUT2D eigenvalue weighted by Gasteiger charge is 2.14. The van der Waals surface area contributed by atoms with Crippen LogP contribution in [0, 0.1) is 0 Å². The van der Waals surface area contributed by atoms with E-state index in [2.05, 4.69) is 54.6 Å². The molecule has 0 amide bonds. The van der Waals surface area contributed by atoms with E-state index in [1.807, 2.05) is 18.3 Å². The average molecular weight is 294 g/mol. The number of rotatable bonds is 4. The number of imidazole rings is 1. The molecular formula is C18H22N4. The molecule has 0 aliphatic carbocycles. The molecule has 0 aliphatic heterocycles. The van der Waals surface area contributed by atoms with Gasteiger partial charge in [-0.05, 0) is 38.2 Å². The molecule has 0 unspecified atom stereocenters. The summed E-state index contributed by atoms with van der Waals surface area (Å²) in [5.41, 5.74) is 12.3. The van der Waals surface area contributed by atoms with Crippen LogP contribution in [0.1, 0.15) is 18.2 Å². The predicted octanol–water partition coefficient (Wildman–Crippen LogP) is 3.21. The third kappa shape index (κ3) is 2.70. The maximum atomic E-state index is 5.95. The first-order valence-electron chi connectivity index (χ1n) is 7.59. The summed E-state index contributed by atoms with van der Waals surface area (Å²) in [6.07, 6.45) is 3.00. The van der Waals surface area contributed by atoms with Crippen molar-refractivity contribution in [1.29, 1.82) is 0 Å². The Hall–Kier alpha value is -2.33. The van der Waals surface area contributed by atoms with E-state index in [-0.39, 0.29) is 0 Å². The van der Waals surface area contributed by atoms with Crippen molar-refractivity contribution in [2.75, 3.05) is 19.8 Å². The Morgan fingerprint density at radius 2 is 1.82 bits per heavy atom. The van der Waals surface area contributed by atoms with Crippen LogP contribution in [-0.2, 0) is 13.0 Å². The highest BCUT2D eigenvalue weighted by atomic mass is 15.1. The lowest BCUT2D eigenvalue weighted by Crippen LogP contribution is -2.13. The van der Waals surface area contributed by atoms with Gasteiger partial charge in [-0.3, -0.25) is 0 Å². The number of fused-ring (bicyclic) bond motifs is 1. The largest absolute Gasteiger partial charge is 0.398 e. The van der Waals surface area contributed by atoms with E-state index < -0.39 is 0 Å². The first kappa shape index (κ1) is 14.6. The van der Waals surface area contributed by atoms with Crippen LogP contribution >= 0.6 is 0 Å². The second kappa shape index (κ2) is 5.81. The van der Waals surface area contributed by atoms with Gasteiger partial charge in [0, 0.05) is 24.0 Å². The average Bonchev–Trinajstić information content (AvgIpc) is 2.85. The zero-order valence-electron chi connectivity index (χ0n) is 13.4. The van der Waals surface area contributed by atoms with E-state index in [0.29, 0.717) is 0 Å². The molecule has 114 valence electrons. The molecule has 2 aromatic heterocycles. The molecule has 0 atom stereocenters. The number of anilines is 1. The van der Waals surface area contributed by atoms with Gasteiger partial charge < -0.3 is 15.0 Å². The van der Waals surface area contributed by atoms with Gasteiger partial charge >= 0.3 is 0 Å². The second-order valence-corrected chi connectivity index (χ2v) is 5.89. The van der Waals surface area contributed by atoms with Gasteiger partial charge in [0.25, 0.3) is 0 Å². The van der Waals surface area contributed by atoms with Gasteiger partial charge in [0.1, 0.15) is 5.65 Å². The molecule has 0 spiro atoms. The lowest BCUT2D eigenvalue weighted by Gasteiger charge is -2.12. The van der Waals surface area contributed by atoms with E-state index in [4.69, 9.17) is 10.7 Å². The van der Waals surface area contributed by atoms with Gasteiger partial charge in [0.2, 0.25) is 0 Å². The summed E-state index contributed by atoms with van der Waals surface area (Å²) in [5, 5.41) is 0. The SMILES string of the molecule is CCc1ccc(-c2nc3ccc(N)cn3c2CN(C)C)cc1. The molecule has 22 heavy (non-hydrogen) atoms. The van der Waals surface area contributed by atoms with Crippen molar-refractivity contribution in [2.24, 2.45) is 0 Å². The van der Waals surface area contributed by atoms with E-state index in [0.717, 1.165) is 41.3 Å². The molecule has 1 aromatic carbocycles. The first-order chi connectivity index (χ1) is 10.6. The van der Waals surface area contributed by atoms with Crippen molar-refractivity contribution >= 4 is 11.3 Å². The van der Waals surface area contributed by atoms with Crippen LogP contribution in [0.5, 0.6) is 0 Å². The maximum Gasteiger partial charge on any atom is 0.137 e. The predicted molar refractivity (Wildman–Crippen MR) is 91.8 cm³/mol. The van der Waals surface area contributed by atoms with Crippen molar-refractivity contribution in [3.63, 3.8) is 0 Å². The van der Waals surface area contributed by atoms with Crippen LogP contribution in [0.4, 0.5) is 5.69 Å². The fraction of sp³-hybridized carbons (Fsp3) is 0.278. The molecule has 0 saturated carbocycles. The minimum Gasteiger partial charge on any atom is -0.398 e. The molecule has 3 aromatic rings. The summed E-state index contributed by atoms with van der Waals surface area (Å²) < 4.78 is 2.10. The van der Waals surface area contributed by atoms with E-state index in [1.165, 1.54) is 5.56 Å². The Balaban J connectivity index is 2.18. The van der Waals surface area contributed by atoms with Crippen LogP contribution in [0.15, 0.2) is 42.6 Å². The molecule has 0 bridgehead atoms. The van der Waals surface area contributed by atoms with Crippen molar-refractivity contribution in [1.82, 2.24) is 14.3 Å². The summed E-state index contributed by atoms with van der Waals surface area (Å²) >= 11 is 0. The number of hydrogen-bond acceptors (Lipinski definition) is 3. The first-order valence-corrected chi connectivity index (χ1v) is 7.59. The fourth-order valence-corrected chi connectivity index (χ4v) is 2.69. The summed E-state index contributed by atoms with van der Waals surface area (Å²) in [5.74, 6) is 0. The van der Waals surface area contributed by atoms with E-state index >= 15 is 0 Å². The maximum absolute atomic E-state index is 5.95. The van der Waals surface area contributed by atoms with Crippen molar-refractivity contribution in [2.45, 2.75) is 19.9 Å². The van der Waals surface area contributed by atoms with Gasteiger partial charge in [0.05, 0.1) is 11.4 Å². The smallest absolute Gasteiger partial charge is 0.137 e. The van der Waals surface area contributed by atoms with Crippen LogP contribution in [0.2, 0.25) is 0 Å². The summed E-state index contributed by atoms with van der Waals surface area (Å²) in [4.78, 5) is 6.96. The van der Waals surface area contributed by atoms with Gasteiger partial charge in [-0.25, -0.2) is 4.98 Å². The number of aryl methyl sites for hydroxylation is 1. The Bertz CT molecular complexity index is 785. The lowest BCUT2D eigenvalue weighted by molar-refractivity contribution is 0.396. The molecule has 0 saturated heterocycles. The number of hydrogen-bond donors (Lipinski definition) is 1. The number of benzene rings is 1. The highest BCUT2D eigenvalue weighted by molar-refractivity contribution is 5.67. The summed E-state index contributed by atoms with van der Waals surface area (Å²) in [6.45, 7) is 2.98. The second-order valence-electron chi connectivity index (χ2n) is 5.89. The summed E-state index contributed by atoms with van der Waals surface area (Å²) in [6, 6.07) is 12.5. The van der Waals surface area contributed by atoms with Crippen LogP contribution in [0.3, 0.4) is 0 Å². The lowest BCUT2D eigenvalue weighted by atomic mass is 10.1. The molecule has 2 N–H and O–H groups in total. The van der Waals surface area contributed by atoms with Crippen molar-refractivity contribution < 1.29 is 0 Å². The number of nitrogens with two attached hydrogens (primary N) is 1. The summed E-state index contributed by atoms with van der Waals surface area (Å²) in [7, 11) is 4.13. The zero-order chi connectivity index (χ0) is 15.7. The standard InChI is InChI=1S/C18H22N4/c1-4-13-5-7-14(8-6-13)18-16(12-21(2)3)22-11-15(19)9-10-17(22)20-18/h5-11H,4,12,19H2,1-3H3. The van der Waals surface area contributed by atoms with Crippen molar-refractivity contribution in [3.8, 4) is 11.3 Å². The van der Waals surface area contributed by atoms with Gasteiger partial charge in [-0.2, -0.15) is 0 Å². The quantitative estimate of drug-likeness (QED) is 0.803. The third-order valence-electron chi connectivity index (χ3n) is 3.84. The van der Waals surface area contributed by atoms with Crippen LogP contribution in [-0.4, -0.2) is 28.4 Å². The van der Waals surface area contributed by atoms with Gasteiger partial charge in [-0.1, -0.05) is 31.2 Å². The van der Waals surface area contributed by atoms with Crippen LogP contribution in [0.25, 0.3) is 16.9 Å². The number of nitrogens with zero attached hydrogens (tertiary/aromatic N) is 3. The Morgan fingerprint density at radius 3 is 2.45 bits per heavy atom. The fourth-order valence-electron chi connectivity index (χ4n) is 2.69. The number of aromatic nitrogens is 2. The third-order valence-corrected chi connectivity index (χ3v) is 3.84. The van der Waals surface area contributed by atoms with E-state index in [9.17, 15) is 0 Å². The monoisotopic (exact) mass is 294 g/mol. The van der Waals surface area contributed by atoms with Gasteiger partial charge in [-0.15, -0.1) is 0 Å². The zero-order valence-corrected chi connectivity index (χ0v) is 13.4. The molecule has 0 radical (unpaired) electrons. The minimum atomic E-state index is 0.748. The highest BCUT2D eigenvalue weighted by Crippen LogP contribution is 2.26. The molecular weight excluding hydrogens is 272 g/mol. The van der Waals surface area contributed by atoms with Crippen molar-refractivity contribution in [3.05, 3.63) is 53.9 Å². The number of pyridine rings is 1.